The average molecular weight is 212 g/mol. The van der Waals surface area contributed by atoms with Crippen LogP contribution in [0.3, 0.4) is 0 Å². The molecule has 0 amide bonds. The second-order valence-corrected chi connectivity index (χ2v) is 5.68. The molecular weight excluding hydrogens is 188 g/mol. The van der Waals surface area contributed by atoms with Crippen LogP contribution in [0.1, 0.15) is 26.7 Å². The molecule has 88 valence electrons. The minimum Gasteiger partial charge on any atom is -0.380 e. The lowest BCUT2D eigenvalue weighted by Gasteiger charge is -2.36. The Kier molecular flexibility index (Phi) is 3.65. The molecule has 2 aliphatic heterocycles. The van der Waals surface area contributed by atoms with Gasteiger partial charge in [-0.1, -0.05) is 13.8 Å². The molecule has 15 heavy (non-hydrogen) atoms. The Morgan fingerprint density at radius 3 is 3.00 bits per heavy atom. The van der Waals surface area contributed by atoms with Crippen molar-refractivity contribution in [1.82, 2.24) is 10.2 Å². The van der Waals surface area contributed by atoms with E-state index in [9.17, 15) is 0 Å². The lowest BCUT2D eigenvalue weighted by Crippen LogP contribution is -2.45. The first kappa shape index (κ1) is 11.4. The molecule has 1 unspecified atom stereocenters. The lowest BCUT2D eigenvalue weighted by atomic mass is 9.92. The van der Waals surface area contributed by atoms with E-state index < -0.39 is 0 Å². The van der Waals surface area contributed by atoms with Crippen molar-refractivity contribution in [3.8, 4) is 0 Å². The van der Waals surface area contributed by atoms with Crippen LogP contribution in [0.2, 0.25) is 0 Å². The molecule has 0 bridgehead atoms. The molecular formula is C12H24N2O. The summed E-state index contributed by atoms with van der Waals surface area (Å²) in [6.07, 6.45) is 2.55. The van der Waals surface area contributed by atoms with Crippen LogP contribution in [0, 0.1) is 5.41 Å². The third kappa shape index (κ3) is 3.16. The summed E-state index contributed by atoms with van der Waals surface area (Å²) in [6, 6.07) is 0.665. The molecule has 1 N–H and O–H groups in total. The molecule has 1 atom stereocenters. The second-order valence-electron chi connectivity index (χ2n) is 5.68. The van der Waals surface area contributed by atoms with E-state index in [1.165, 1.54) is 25.9 Å². The summed E-state index contributed by atoms with van der Waals surface area (Å²) in [5, 5.41) is 3.52. The summed E-state index contributed by atoms with van der Waals surface area (Å²) < 4.78 is 5.58. The molecule has 3 nitrogen and oxygen atoms in total. The van der Waals surface area contributed by atoms with Gasteiger partial charge < -0.3 is 10.1 Å². The average Bonchev–Trinajstić information content (AvgIpc) is 2.41. The molecule has 0 saturated carbocycles. The van der Waals surface area contributed by atoms with Gasteiger partial charge in [-0.3, -0.25) is 4.90 Å². The Hall–Kier alpha value is -0.120. The molecule has 3 heteroatoms. The van der Waals surface area contributed by atoms with Crippen molar-refractivity contribution in [2.24, 2.45) is 5.41 Å². The van der Waals surface area contributed by atoms with Gasteiger partial charge in [-0.15, -0.1) is 0 Å². The van der Waals surface area contributed by atoms with Gasteiger partial charge in [0.15, 0.2) is 0 Å². The number of nitrogens with one attached hydrogen (secondary N) is 1. The molecule has 0 radical (unpaired) electrons. The summed E-state index contributed by atoms with van der Waals surface area (Å²) in [7, 11) is 0. The van der Waals surface area contributed by atoms with Gasteiger partial charge in [0.1, 0.15) is 0 Å². The van der Waals surface area contributed by atoms with Crippen molar-refractivity contribution in [1.29, 1.82) is 0 Å². The second kappa shape index (κ2) is 4.81. The van der Waals surface area contributed by atoms with E-state index in [0.717, 1.165) is 26.3 Å². The minimum atomic E-state index is 0.397. The number of hydrogen-bond donors (Lipinski definition) is 1. The molecule has 0 aromatic heterocycles. The topological polar surface area (TPSA) is 24.5 Å². The van der Waals surface area contributed by atoms with Crippen LogP contribution in [0.15, 0.2) is 0 Å². The summed E-state index contributed by atoms with van der Waals surface area (Å²) in [6.45, 7) is 11.2. The largest absolute Gasteiger partial charge is 0.380 e. The van der Waals surface area contributed by atoms with E-state index >= 15 is 0 Å². The summed E-state index contributed by atoms with van der Waals surface area (Å²) in [5.74, 6) is 0. The molecule has 2 rings (SSSR count). The Morgan fingerprint density at radius 1 is 1.40 bits per heavy atom. The number of hydrogen-bond acceptors (Lipinski definition) is 3. The number of nitrogens with zero attached hydrogens (tertiary/aromatic N) is 1. The lowest BCUT2D eigenvalue weighted by molar-refractivity contribution is 0.0104. The van der Waals surface area contributed by atoms with Crippen molar-refractivity contribution in [2.75, 3.05) is 39.4 Å². The Bertz CT molecular complexity index is 200. The smallest absolute Gasteiger partial charge is 0.0621 e. The normalized spacial score (nSPS) is 33.6. The fraction of sp³-hybridized carbons (Fsp3) is 1.00. The highest BCUT2D eigenvalue weighted by Gasteiger charge is 2.29. The van der Waals surface area contributed by atoms with E-state index in [2.05, 4.69) is 24.1 Å². The zero-order chi connectivity index (χ0) is 10.7. The van der Waals surface area contributed by atoms with Crippen molar-refractivity contribution >= 4 is 0 Å². The third-order valence-electron chi connectivity index (χ3n) is 3.46. The van der Waals surface area contributed by atoms with E-state index in [4.69, 9.17) is 4.74 Å². The summed E-state index contributed by atoms with van der Waals surface area (Å²) in [5.41, 5.74) is 0.397. The zero-order valence-electron chi connectivity index (χ0n) is 10.1. The molecule has 0 aromatic carbocycles. The summed E-state index contributed by atoms with van der Waals surface area (Å²) >= 11 is 0. The standard InChI is InChI=1S/C12H24N2O/c1-12(2)9-13-5-6-14(10-12)11-4-3-7-15-8-11/h11,13H,3-10H2,1-2H3. The van der Waals surface area contributed by atoms with Crippen LogP contribution in [0.5, 0.6) is 0 Å². The monoisotopic (exact) mass is 212 g/mol. The maximum atomic E-state index is 5.58. The third-order valence-corrected chi connectivity index (χ3v) is 3.46. The summed E-state index contributed by atoms with van der Waals surface area (Å²) in [4.78, 5) is 2.62. The predicted octanol–water partition coefficient (Wildman–Crippen LogP) is 1.10. The van der Waals surface area contributed by atoms with E-state index in [0.29, 0.717) is 11.5 Å². The highest BCUT2D eigenvalue weighted by atomic mass is 16.5. The van der Waals surface area contributed by atoms with Crippen molar-refractivity contribution in [2.45, 2.75) is 32.7 Å². The quantitative estimate of drug-likeness (QED) is 0.704. The number of rotatable bonds is 1. The van der Waals surface area contributed by atoms with Crippen LogP contribution in [0.25, 0.3) is 0 Å². The van der Waals surface area contributed by atoms with E-state index in [1.807, 2.05) is 0 Å². The first-order chi connectivity index (χ1) is 7.17. The van der Waals surface area contributed by atoms with Gasteiger partial charge in [0, 0.05) is 38.8 Å². The van der Waals surface area contributed by atoms with E-state index in [-0.39, 0.29) is 0 Å². The molecule has 2 fully saturated rings. The van der Waals surface area contributed by atoms with E-state index in [1.54, 1.807) is 0 Å². The van der Waals surface area contributed by atoms with Gasteiger partial charge in [-0.2, -0.15) is 0 Å². The predicted molar refractivity (Wildman–Crippen MR) is 62.1 cm³/mol. The van der Waals surface area contributed by atoms with Gasteiger partial charge in [-0.25, -0.2) is 0 Å². The molecule has 2 aliphatic rings. The van der Waals surface area contributed by atoms with Crippen molar-refractivity contribution in [3.63, 3.8) is 0 Å². The molecule has 0 aromatic rings. The molecule has 0 aliphatic carbocycles. The minimum absolute atomic E-state index is 0.397. The molecule has 0 spiro atoms. The maximum absolute atomic E-state index is 5.58. The van der Waals surface area contributed by atoms with Gasteiger partial charge in [0.05, 0.1) is 6.61 Å². The Labute approximate surface area is 93.2 Å². The Morgan fingerprint density at radius 2 is 2.27 bits per heavy atom. The van der Waals surface area contributed by atoms with Gasteiger partial charge in [0.25, 0.3) is 0 Å². The zero-order valence-corrected chi connectivity index (χ0v) is 10.1. The van der Waals surface area contributed by atoms with Crippen LogP contribution < -0.4 is 5.32 Å². The molecule has 2 saturated heterocycles. The first-order valence-electron chi connectivity index (χ1n) is 6.20. The van der Waals surface area contributed by atoms with Crippen LogP contribution in [-0.4, -0.2) is 50.3 Å². The molecule has 2 heterocycles. The Balaban J connectivity index is 1.94. The fourth-order valence-electron chi connectivity index (χ4n) is 2.66. The van der Waals surface area contributed by atoms with Crippen LogP contribution in [-0.2, 0) is 4.74 Å². The van der Waals surface area contributed by atoms with Gasteiger partial charge in [0.2, 0.25) is 0 Å². The maximum Gasteiger partial charge on any atom is 0.0621 e. The first-order valence-corrected chi connectivity index (χ1v) is 6.20. The van der Waals surface area contributed by atoms with Gasteiger partial charge in [-0.05, 0) is 18.3 Å². The van der Waals surface area contributed by atoms with Crippen LogP contribution >= 0.6 is 0 Å². The van der Waals surface area contributed by atoms with Crippen molar-refractivity contribution in [3.05, 3.63) is 0 Å². The fourth-order valence-corrected chi connectivity index (χ4v) is 2.66. The van der Waals surface area contributed by atoms with Crippen LogP contribution in [0.4, 0.5) is 0 Å². The van der Waals surface area contributed by atoms with Crippen molar-refractivity contribution < 1.29 is 4.74 Å². The number of ether oxygens (including phenoxy) is 1. The highest BCUT2D eigenvalue weighted by Crippen LogP contribution is 2.22. The SMILES string of the molecule is CC1(C)CNCCN(C2CCCOC2)C1. The van der Waals surface area contributed by atoms with Gasteiger partial charge >= 0.3 is 0 Å². The highest BCUT2D eigenvalue weighted by molar-refractivity contribution is 4.85.